The lowest BCUT2D eigenvalue weighted by Crippen LogP contribution is -2.25. The maximum Gasteiger partial charge on any atom is 0.331 e. The topological polar surface area (TPSA) is 59.0 Å². The van der Waals surface area contributed by atoms with Crippen LogP contribution in [-0.2, 0) is 16.1 Å². The molecule has 0 radical (unpaired) electrons. The molecule has 0 saturated carbocycles. The van der Waals surface area contributed by atoms with Gasteiger partial charge in [-0.15, -0.1) is 0 Å². The molecule has 1 atom stereocenters. The molecular weight excluding hydrogens is 457 g/mol. The molecule has 0 amide bonds. The van der Waals surface area contributed by atoms with Crippen LogP contribution in [0.1, 0.15) is 44.2 Å². The van der Waals surface area contributed by atoms with Gasteiger partial charge >= 0.3 is 5.97 Å². The predicted molar refractivity (Wildman–Crippen MR) is 141 cm³/mol. The molecule has 0 spiro atoms. The molecule has 0 bridgehead atoms. The van der Waals surface area contributed by atoms with Crippen molar-refractivity contribution in [3.63, 3.8) is 0 Å². The predicted octanol–water partition coefficient (Wildman–Crippen LogP) is 6.91. The number of fused-ring (bicyclic) bond motifs is 1. The summed E-state index contributed by atoms with van der Waals surface area (Å²) < 4.78 is 25.9. The van der Waals surface area contributed by atoms with Crippen molar-refractivity contribution in [3.8, 4) is 16.9 Å². The lowest BCUT2D eigenvalue weighted by Gasteiger charge is -2.26. The van der Waals surface area contributed by atoms with Crippen molar-refractivity contribution >= 4 is 17.7 Å². The maximum atomic E-state index is 14.3. The second-order valence-electron chi connectivity index (χ2n) is 8.95. The normalized spacial score (nSPS) is 14.0. The van der Waals surface area contributed by atoms with E-state index >= 15 is 0 Å². The Bertz CT molecular complexity index is 1220. The average molecular weight is 490 g/mol. The summed E-state index contributed by atoms with van der Waals surface area (Å²) in [7, 11) is 0. The lowest BCUT2D eigenvalue weighted by molar-refractivity contribution is -0.132. The van der Waals surface area contributed by atoms with Gasteiger partial charge in [0.15, 0.2) is 6.29 Å². The van der Waals surface area contributed by atoms with Crippen LogP contribution in [0.5, 0.6) is 5.75 Å². The molecule has 0 saturated heterocycles. The molecule has 1 aliphatic heterocycles. The quantitative estimate of drug-likeness (QED) is 0.248. The Hall–Kier alpha value is -3.64. The summed E-state index contributed by atoms with van der Waals surface area (Å²) in [6.45, 7) is 5.53. The van der Waals surface area contributed by atoms with Gasteiger partial charge in [-0.1, -0.05) is 49.7 Å². The number of rotatable bonds is 10. The Kier molecular flexibility index (Phi) is 8.39. The Morgan fingerprint density at radius 2 is 1.83 bits per heavy atom. The third kappa shape index (κ3) is 6.32. The molecule has 3 aromatic carbocycles. The van der Waals surface area contributed by atoms with Crippen LogP contribution in [0.3, 0.4) is 0 Å². The first-order valence-electron chi connectivity index (χ1n) is 12.4. The van der Waals surface area contributed by atoms with Gasteiger partial charge in [0.05, 0.1) is 6.61 Å². The molecule has 4 rings (SSSR count). The first kappa shape index (κ1) is 25.5. The van der Waals surface area contributed by atoms with Gasteiger partial charge in [-0.25, -0.2) is 9.18 Å². The fourth-order valence-electron chi connectivity index (χ4n) is 4.28. The Labute approximate surface area is 211 Å². The zero-order valence-corrected chi connectivity index (χ0v) is 20.7. The lowest BCUT2D eigenvalue weighted by atomic mass is 10.00. The van der Waals surface area contributed by atoms with Crippen molar-refractivity contribution in [2.24, 2.45) is 0 Å². The average Bonchev–Trinajstić information content (AvgIpc) is 3.05. The molecular formula is C30H32FNO4. The van der Waals surface area contributed by atoms with Gasteiger partial charge in [0, 0.05) is 29.9 Å². The minimum Gasteiger partial charge on any atom is -0.478 e. The van der Waals surface area contributed by atoms with Crippen LogP contribution >= 0.6 is 0 Å². The van der Waals surface area contributed by atoms with Crippen LogP contribution in [0.15, 0.2) is 72.3 Å². The summed E-state index contributed by atoms with van der Waals surface area (Å²) in [5, 5.41) is 9.69. The van der Waals surface area contributed by atoms with Crippen LogP contribution in [0.2, 0.25) is 0 Å². The highest BCUT2D eigenvalue weighted by Crippen LogP contribution is 2.34. The molecule has 6 heteroatoms. The molecule has 36 heavy (non-hydrogen) atoms. The van der Waals surface area contributed by atoms with Crippen LogP contribution < -0.4 is 9.64 Å². The second-order valence-corrected chi connectivity index (χ2v) is 8.95. The van der Waals surface area contributed by atoms with E-state index in [4.69, 9.17) is 9.47 Å². The number of ether oxygens (including phenoxy) is 2. The van der Waals surface area contributed by atoms with Gasteiger partial charge in [0.25, 0.3) is 0 Å². The van der Waals surface area contributed by atoms with Crippen molar-refractivity contribution in [1.29, 1.82) is 0 Å². The van der Waals surface area contributed by atoms with Crippen molar-refractivity contribution < 1.29 is 23.8 Å². The molecule has 1 N–H and O–H groups in total. The molecule has 0 aliphatic carbocycles. The molecule has 188 valence electrons. The molecule has 3 aromatic rings. The van der Waals surface area contributed by atoms with Gasteiger partial charge in [0.2, 0.25) is 0 Å². The van der Waals surface area contributed by atoms with Crippen molar-refractivity contribution in [3.05, 3.63) is 89.2 Å². The monoisotopic (exact) mass is 489 g/mol. The van der Waals surface area contributed by atoms with Crippen LogP contribution in [0.4, 0.5) is 10.1 Å². The van der Waals surface area contributed by atoms with Gasteiger partial charge in [-0.2, -0.15) is 0 Å². The molecule has 0 fully saturated rings. The summed E-state index contributed by atoms with van der Waals surface area (Å²) in [6.07, 6.45) is 3.86. The fourth-order valence-corrected chi connectivity index (χ4v) is 4.28. The molecule has 0 aromatic heterocycles. The van der Waals surface area contributed by atoms with Crippen molar-refractivity contribution in [1.82, 2.24) is 0 Å². The highest BCUT2D eigenvalue weighted by molar-refractivity contribution is 5.94. The van der Waals surface area contributed by atoms with Gasteiger partial charge in [0.1, 0.15) is 11.6 Å². The van der Waals surface area contributed by atoms with E-state index in [1.54, 1.807) is 18.2 Å². The summed E-state index contributed by atoms with van der Waals surface area (Å²) in [5.41, 5.74) is 4.55. The van der Waals surface area contributed by atoms with E-state index in [1.165, 1.54) is 6.07 Å². The zero-order valence-electron chi connectivity index (χ0n) is 20.7. The fraction of sp³-hybridized carbons (Fsp3) is 0.300. The second kappa shape index (κ2) is 11.9. The Morgan fingerprint density at radius 3 is 2.56 bits per heavy atom. The highest BCUT2D eigenvalue weighted by Gasteiger charge is 2.20. The van der Waals surface area contributed by atoms with E-state index in [1.807, 2.05) is 60.4 Å². The standard InChI is InChI=1S/C30H32FNO4/c1-3-4-17-35-21(2)36-27-12-9-22(10-13-27)23-11-14-29-26(18-23)19-24(30(33)34)15-16-32(29)20-25-7-5-6-8-28(25)31/h5-14,18-19,21H,3-4,15-17,20H2,1-2H3,(H,33,34). The van der Waals surface area contributed by atoms with E-state index in [-0.39, 0.29) is 12.1 Å². The first-order chi connectivity index (χ1) is 17.4. The van der Waals surface area contributed by atoms with Crippen LogP contribution in [0.25, 0.3) is 17.2 Å². The SMILES string of the molecule is CCCCOC(C)Oc1ccc(-c2ccc3c(c2)C=C(C(=O)O)CCN3Cc2ccccc2F)cc1. The maximum absolute atomic E-state index is 14.3. The van der Waals surface area contributed by atoms with Crippen molar-refractivity contribution in [2.75, 3.05) is 18.1 Å². The van der Waals surface area contributed by atoms with E-state index in [0.29, 0.717) is 37.3 Å². The largest absolute Gasteiger partial charge is 0.478 e. The van der Waals surface area contributed by atoms with E-state index < -0.39 is 5.97 Å². The smallest absolute Gasteiger partial charge is 0.331 e. The Balaban J connectivity index is 1.58. The van der Waals surface area contributed by atoms with E-state index in [9.17, 15) is 14.3 Å². The Morgan fingerprint density at radius 1 is 1.08 bits per heavy atom. The zero-order chi connectivity index (χ0) is 25.5. The number of hydrogen-bond acceptors (Lipinski definition) is 4. The van der Waals surface area contributed by atoms with Gasteiger partial charge in [-0.3, -0.25) is 0 Å². The molecule has 1 heterocycles. The molecule has 1 unspecified atom stereocenters. The number of hydrogen-bond donors (Lipinski definition) is 1. The number of unbranched alkanes of at least 4 members (excludes halogenated alkanes) is 1. The van der Waals surface area contributed by atoms with E-state index in [2.05, 4.69) is 6.92 Å². The molecule has 1 aliphatic rings. The summed E-state index contributed by atoms with van der Waals surface area (Å²) in [5.74, 6) is -0.476. The number of carboxylic acid groups (broad SMARTS) is 1. The molecule has 5 nitrogen and oxygen atoms in total. The highest BCUT2D eigenvalue weighted by atomic mass is 19.1. The number of carbonyl (C=O) groups is 1. The van der Waals surface area contributed by atoms with Crippen LogP contribution in [-0.4, -0.2) is 30.5 Å². The number of nitrogens with zero attached hydrogens (tertiary/aromatic N) is 1. The number of aliphatic carboxylic acids is 1. The van der Waals surface area contributed by atoms with Gasteiger partial charge in [-0.05, 0) is 72.9 Å². The number of halogens is 1. The van der Waals surface area contributed by atoms with E-state index in [0.717, 1.165) is 41.0 Å². The number of carboxylic acids is 1. The summed E-state index contributed by atoms with van der Waals surface area (Å²) >= 11 is 0. The number of benzene rings is 3. The number of anilines is 1. The minimum absolute atomic E-state index is 0.265. The third-order valence-electron chi connectivity index (χ3n) is 6.28. The van der Waals surface area contributed by atoms with Crippen molar-refractivity contribution in [2.45, 2.75) is 45.9 Å². The summed E-state index contributed by atoms with van der Waals surface area (Å²) in [6, 6.07) is 20.5. The van der Waals surface area contributed by atoms with Gasteiger partial charge < -0.3 is 19.5 Å². The summed E-state index contributed by atoms with van der Waals surface area (Å²) in [4.78, 5) is 13.9. The van der Waals surface area contributed by atoms with Crippen LogP contribution in [0, 0.1) is 5.82 Å². The third-order valence-corrected chi connectivity index (χ3v) is 6.28. The minimum atomic E-state index is -0.934. The first-order valence-corrected chi connectivity index (χ1v) is 12.4.